The summed E-state index contributed by atoms with van der Waals surface area (Å²) in [5.41, 5.74) is 7.55. The van der Waals surface area contributed by atoms with Crippen molar-refractivity contribution in [2.45, 2.75) is 13.0 Å². The number of halogens is 2. The van der Waals surface area contributed by atoms with Gasteiger partial charge in [-0.1, -0.05) is 41.4 Å². The average Bonchev–Trinajstić information content (AvgIpc) is 2.63. The molecule has 0 aliphatic rings. The van der Waals surface area contributed by atoms with E-state index in [0.717, 1.165) is 11.3 Å². The molecule has 0 radical (unpaired) electrons. The van der Waals surface area contributed by atoms with Crippen LogP contribution in [0.4, 0.5) is 0 Å². The fourth-order valence-corrected chi connectivity index (χ4v) is 2.14. The van der Waals surface area contributed by atoms with Crippen LogP contribution in [0.25, 0.3) is 0 Å². The third kappa shape index (κ3) is 2.46. The molecule has 0 fully saturated rings. The van der Waals surface area contributed by atoms with Crippen LogP contribution >= 0.6 is 23.2 Å². The van der Waals surface area contributed by atoms with Crippen molar-refractivity contribution in [2.24, 2.45) is 5.73 Å². The lowest BCUT2D eigenvalue weighted by molar-refractivity contribution is 0.529. The highest BCUT2D eigenvalue weighted by Crippen LogP contribution is 2.26. The second-order valence-corrected chi connectivity index (χ2v) is 4.63. The van der Waals surface area contributed by atoms with Crippen LogP contribution in [0, 0.1) is 6.92 Å². The summed E-state index contributed by atoms with van der Waals surface area (Å²) in [6, 6.07) is 7.53. The predicted molar refractivity (Wildman–Crippen MR) is 70.6 cm³/mol. The summed E-state index contributed by atoms with van der Waals surface area (Å²) in [6.45, 7) is 2.28. The van der Waals surface area contributed by atoms with Gasteiger partial charge in [0.2, 0.25) is 0 Å². The van der Waals surface area contributed by atoms with Gasteiger partial charge in [-0.3, -0.25) is 4.68 Å². The van der Waals surface area contributed by atoms with Gasteiger partial charge in [-0.2, -0.15) is 5.10 Å². The molecular formula is C12H13Cl2N3. The average molecular weight is 270 g/mol. The summed E-state index contributed by atoms with van der Waals surface area (Å²) in [5.74, 6) is 0. The van der Waals surface area contributed by atoms with Crippen molar-refractivity contribution in [3.05, 3.63) is 51.8 Å². The monoisotopic (exact) mass is 269 g/mol. The van der Waals surface area contributed by atoms with Crippen LogP contribution in [0.1, 0.15) is 17.3 Å². The number of nitrogens with zero attached hydrogens (tertiary/aromatic N) is 2. The minimum Gasteiger partial charge on any atom is -0.328 e. The van der Waals surface area contributed by atoms with Crippen LogP contribution in [0.15, 0.2) is 30.5 Å². The summed E-state index contributed by atoms with van der Waals surface area (Å²) >= 11 is 12.2. The van der Waals surface area contributed by atoms with Gasteiger partial charge in [0.05, 0.1) is 16.8 Å². The minimum atomic E-state index is -0.0881. The molecule has 0 bridgehead atoms. The van der Waals surface area contributed by atoms with Crippen molar-refractivity contribution < 1.29 is 0 Å². The van der Waals surface area contributed by atoms with E-state index in [0.29, 0.717) is 16.6 Å². The highest BCUT2D eigenvalue weighted by atomic mass is 35.5. The Hall–Kier alpha value is -1.03. The molecule has 0 aliphatic carbocycles. The van der Waals surface area contributed by atoms with E-state index in [9.17, 15) is 0 Å². The molecule has 2 aromatic rings. The largest absolute Gasteiger partial charge is 0.328 e. The number of aryl methyl sites for hydroxylation is 1. The van der Waals surface area contributed by atoms with E-state index >= 15 is 0 Å². The Balaban J connectivity index is 2.44. The maximum atomic E-state index is 6.16. The third-order valence-corrected chi connectivity index (χ3v) is 3.38. The molecule has 2 N–H and O–H groups in total. The van der Waals surface area contributed by atoms with Crippen LogP contribution in [0.3, 0.4) is 0 Å². The number of hydrogen-bond donors (Lipinski definition) is 1. The van der Waals surface area contributed by atoms with E-state index in [1.165, 1.54) is 0 Å². The lowest BCUT2D eigenvalue weighted by Crippen LogP contribution is -2.21. The maximum Gasteiger partial charge on any atom is 0.0905 e. The van der Waals surface area contributed by atoms with Crippen molar-refractivity contribution in [1.29, 1.82) is 0 Å². The Kier molecular flexibility index (Phi) is 3.72. The van der Waals surface area contributed by atoms with Gasteiger partial charge in [-0.05, 0) is 18.6 Å². The lowest BCUT2D eigenvalue weighted by atomic mass is 10.1. The summed E-state index contributed by atoms with van der Waals surface area (Å²) in [6.07, 6.45) is 1.78. The summed E-state index contributed by atoms with van der Waals surface area (Å²) in [4.78, 5) is 0. The van der Waals surface area contributed by atoms with Gasteiger partial charge >= 0.3 is 0 Å². The van der Waals surface area contributed by atoms with Crippen LogP contribution in [0.2, 0.25) is 10.0 Å². The van der Waals surface area contributed by atoms with E-state index in [2.05, 4.69) is 5.10 Å². The zero-order valence-electron chi connectivity index (χ0n) is 9.40. The Morgan fingerprint density at radius 2 is 2.00 bits per heavy atom. The first-order valence-corrected chi connectivity index (χ1v) is 6.05. The van der Waals surface area contributed by atoms with Gasteiger partial charge in [0.15, 0.2) is 0 Å². The van der Waals surface area contributed by atoms with E-state index in [1.54, 1.807) is 10.9 Å². The molecule has 0 saturated heterocycles. The number of nitrogens with two attached hydrogens (primary N) is 1. The lowest BCUT2D eigenvalue weighted by Gasteiger charge is -2.17. The second-order valence-electron chi connectivity index (χ2n) is 3.82. The zero-order chi connectivity index (χ0) is 12.4. The standard InChI is InChI=1S/C12H13Cl2N3/c1-8-11(14)7-17(16-8)12(6-15)9-4-2-3-5-10(9)13/h2-5,7,12H,6,15H2,1H3. The van der Waals surface area contributed by atoms with Crippen molar-refractivity contribution in [2.75, 3.05) is 6.54 Å². The van der Waals surface area contributed by atoms with Crippen LogP contribution in [-0.4, -0.2) is 16.3 Å². The molecule has 0 saturated carbocycles. The molecule has 1 heterocycles. The molecule has 0 amide bonds. The first-order chi connectivity index (χ1) is 8.13. The smallest absolute Gasteiger partial charge is 0.0905 e. The fourth-order valence-electron chi connectivity index (χ4n) is 1.74. The van der Waals surface area contributed by atoms with Crippen LogP contribution < -0.4 is 5.73 Å². The molecule has 1 aromatic carbocycles. The molecule has 1 unspecified atom stereocenters. The molecular weight excluding hydrogens is 257 g/mol. The Morgan fingerprint density at radius 3 is 2.53 bits per heavy atom. The van der Waals surface area contributed by atoms with Gasteiger partial charge < -0.3 is 5.73 Å². The predicted octanol–water partition coefficient (Wildman–Crippen LogP) is 3.05. The Labute approximate surface area is 110 Å². The highest BCUT2D eigenvalue weighted by Gasteiger charge is 2.16. The van der Waals surface area contributed by atoms with Gasteiger partial charge in [0.25, 0.3) is 0 Å². The normalized spacial score (nSPS) is 12.7. The number of rotatable bonds is 3. The molecule has 0 spiro atoms. The highest BCUT2D eigenvalue weighted by molar-refractivity contribution is 6.31. The van der Waals surface area contributed by atoms with Crippen LogP contribution in [0.5, 0.6) is 0 Å². The van der Waals surface area contributed by atoms with Crippen molar-refractivity contribution >= 4 is 23.2 Å². The topological polar surface area (TPSA) is 43.8 Å². The number of aromatic nitrogens is 2. The molecule has 90 valence electrons. The zero-order valence-corrected chi connectivity index (χ0v) is 10.9. The van der Waals surface area contributed by atoms with Gasteiger partial charge in [-0.25, -0.2) is 0 Å². The minimum absolute atomic E-state index is 0.0881. The molecule has 1 aromatic heterocycles. The van der Waals surface area contributed by atoms with Gasteiger partial charge in [-0.15, -0.1) is 0 Å². The second kappa shape index (κ2) is 5.08. The number of benzene rings is 1. The van der Waals surface area contributed by atoms with Crippen molar-refractivity contribution in [3.8, 4) is 0 Å². The van der Waals surface area contributed by atoms with Crippen molar-refractivity contribution in [3.63, 3.8) is 0 Å². The molecule has 3 nitrogen and oxygen atoms in total. The first-order valence-electron chi connectivity index (χ1n) is 5.29. The molecule has 0 aliphatic heterocycles. The van der Waals surface area contributed by atoms with Gasteiger partial charge in [0, 0.05) is 17.8 Å². The molecule has 5 heteroatoms. The Morgan fingerprint density at radius 1 is 1.29 bits per heavy atom. The first kappa shape index (κ1) is 12.4. The van der Waals surface area contributed by atoms with E-state index in [1.807, 2.05) is 31.2 Å². The molecule has 2 rings (SSSR count). The number of hydrogen-bond acceptors (Lipinski definition) is 2. The quantitative estimate of drug-likeness (QED) is 0.931. The summed E-state index contributed by atoms with van der Waals surface area (Å²) in [5, 5.41) is 5.67. The molecule has 17 heavy (non-hydrogen) atoms. The van der Waals surface area contributed by atoms with E-state index in [-0.39, 0.29) is 6.04 Å². The van der Waals surface area contributed by atoms with Crippen molar-refractivity contribution in [1.82, 2.24) is 9.78 Å². The van der Waals surface area contributed by atoms with E-state index in [4.69, 9.17) is 28.9 Å². The SMILES string of the molecule is Cc1nn(C(CN)c2ccccc2Cl)cc1Cl. The summed E-state index contributed by atoms with van der Waals surface area (Å²) in [7, 11) is 0. The molecule has 1 atom stereocenters. The maximum absolute atomic E-state index is 6.16. The fraction of sp³-hybridized carbons (Fsp3) is 0.250. The van der Waals surface area contributed by atoms with E-state index < -0.39 is 0 Å². The van der Waals surface area contributed by atoms with Gasteiger partial charge in [0.1, 0.15) is 0 Å². The Bertz CT molecular complexity index is 503. The summed E-state index contributed by atoms with van der Waals surface area (Å²) < 4.78 is 1.76. The van der Waals surface area contributed by atoms with Crippen LogP contribution in [-0.2, 0) is 0 Å². The third-order valence-electron chi connectivity index (χ3n) is 2.66.